The summed E-state index contributed by atoms with van der Waals surface area (Å²) in [4.78, 5) is 12.9. The summed E-state index contributed by atoms with van der Waals surface area (Å²) < 4.78 is 33.6. The van der Waals surface area contributed by atoms with E-state index in [9.17, 15) is 13.2 Å². The molecule has 23 heavy (non-hydrogen) atoms. The molecule has 0 fully saturated rings. The second-order valence-electron chi connectivity index (χ2n) is 5.09. The highest BCUT2D eigenvalue weighted by Crippen LogP contribution is 2.35. The van der Waals surface area contributed by atoms with E-state index in [1.165, 1.54) is 18.4 Å². The van der Waals surface area contributed by atoms with Gasteiger partial charge in [-0.15, -0.1) is 11.3 Å². The normalized spacial score (nSPS) is 11.5. The van der Waals surface area contributed by atoms with Crippen LogP contribution in [0.15, 0.2) is 36.4 Å². The molecule has 6 nitrogen and oxygen atoms in total. The molecule has 8 heteroatoms. The van der Waals surface area contributed by atoms with E-state index in [1.807, 2.05) is 30.3 Å². The van der Waals surface area contributed by atoms with Crippen molar-refractivity contribution in [2.24, 2.45) is 0 Å². The number of anilines is 1. The van der Waals surface area contributed by atoms with Crippen LogP contribution in [0, 0.1) is 0 Å². The molecule has 0 aliphatic carbocycles. The fourth-order valence-corrected chi connectivity index (χ4v) is 4.17. The zero-order chi connectivity index (χ0) is 17.0. The van der Waals surface area contributed by atoms with Crippen molar-refractivity contribution in [3.05, 3.63) is 41.3 Å². The van der Waals surface area contributed by atoms with Crippen molar-refractivity contribution in [1.29, 1.82) is 0 Å². The molecule has 124 valence electrons. The summed E-state index contributed by atoms with van der Waals surface area (Å²) in [6.07, 6.45) is 0. The first-order valence-electron chi connectivity index (χ1n) is 6.90. The Bertz CT molecular complexity index is 783. The number of methoxy groups -OCH3 is 1. The third-order valence-corrected chi connectivity index (χ3v) is 5.23. The molecule has 2 N–H and O–H groups in total. The van der Waals surface area contributed by atoms with Crippen LogP contribution in [0.4, 0.5) is 5.69 Å². The summed E-state index contributed by atoms with van der Waals surface area (Å²) in [5.74, 6) is -0.584. The molecular weight excluding hydrogens is 336 g/mol. The van der Waals surface area contributed by atoms with Gasteiger partial charge in [0.15, 0.2) is 0 Å². The zero-order valence-corrected chi connectivity index (χ0v) is 14.6. The van der Waals surface area contributed by atoms with Crippen molar-refractivity contribution >= 4 is 33.2 Å². The lowest BCUT2D eigenvalue weighted by molar-refractivity contribution is 0.0607. The molecule has 0 aliphatic rings. The number of carbonyl (C=O) groups is 1. The molecule has 0 spiro atoms. The van der Waals surface area contributed by atoms with Gasteiger partial charge in [-0.2, -0.15) is 13.1 Å². The molecule has 2 rings (SSSR count). The lowest BCUT2D eigenvalue weighted by Gasteiger charge is -2.11. The van der Waals surface area contributed by atoms with E-state index in [2.05, 4.69) is 9.44 Å². The van der Waals surface area contributed by atoms with Crippen molar-refractivity contribution < 1.29 is 17.9 Å². The van der Waals surface area contributed by atoms with Gasteiger partial charge in [0.1, 0.15) is 4.88 Å². The number of hydrogen-bond donors (Lipinski definition) is 2. The Morgan fingerprint density at radius 2 is 1.87 bits per heavy atom. The Hall–Kier alpha value is -1.90. The molecule has 2 aromatic rings. The maximum absolute atomic E-state index is 12.0. The molecule has 0 atom stereocenters. The first-order valence-corrected chi connectivity index (χ1v) is 9.20. The molecule has 0 amide bonds. The van der Waals surface area contributed by atoms with E-state index in [0.717, 1.165) is 10.4 Å². The summed E-state index contributed by atoms with van der Waals surface area (Å²) in [5, 5.41) is 0. The minimum atomic E-state index is -3.77. The second-order valence-corrected chi connectivity index (χ2v) is 7.59. The minimum absolute atomic E-state index is 0.203. The van der Waals surface area contributed by atoms with Crippen molar-refractivity contribution in [2.45, 2.75) is 19.9 Å². The fraction of sp³-hybridized carbons (Fsp3) is 0.267. The lowest BCUT2D eigenvalue weighted by Crippen LogP contribution is -2.35. The Morgan fingerprint density at radius 3 is 2.43 bits per heavy atom. The number of ether oxygens (including phenoxy) is 1. The quantitative estimate of drug-likeness (QED) is 0.781. The van der Waals surface area contributed by atoms with Gasteiger partial charge in [0.2, 0.25) is 0 Å². The number of esters is 1. The van der Waals surface area contributed by atoms with Crippen LogP contribution >= 0.6 is 11.3 Å². The SMILES string of the molecule is COC(=O)c1sc(-c2ccccc2)cc1NS(=O)(=O)NC(C)C. The molecule has 0 aliphatic heterocycles. The smallest absolute Gasteiger partial charge is 0.350 e. The summed E-state index contributed by atoms with van der Waals surface area (Å²) in [6.45, 7) is 3.42. The molecule has 1 heterocycles. The number of rotatable bonds is 6. The maximum atomic E-state index is 12.0. The van der Waals surface area contributed by atoms with E-state index >= 15 is 0 Å². The zero-order valence-electron chi connectivity index (χ0n) is 13.0. The monoisotopic (exact) mass is 354 g/mol. The average Bonchev–Trinajstić information content (AvgIpc) is 2.89. The van der Waals surface area contributed by atoms with E-state index in [4.69, 9.17) is 4.74 Å². The van der Waals surface area contributed by atoms with Gasteiger partial charge in [0.05, 0.1) is 12.8 Å². The number of carbonyl (C=O) groups excluding carboxylic acids is 1. The lowest BCUT2D eigenvalue weighted by atomic mass is 10.2. The van der Waals surface area contributed by atoms with Gasteiger partial charge < -0.3 is 4.74 Å². The summed E-state index contributed by atoms with van der Waals surface area (Å²) >= 11 is 1.18. The topological polar surface area (TPSA) is 84.5 Å². The number of nitrogens with one attached hydrogen (secondary N) is 2. The Labute approximate surface area is 139 Å². The van der Waals surface area contributed by atoms with Crippen LogP contribution < -0.4 is 9.44 Å². The standard InChI is InChI=1S/C15H18N2O4S2/c1-10(2)16-23(19,20)17-12-9-13(11-7-5-4-6-8-11)22-14(12)15(18)21-3/h4-10,16-17H,1-3H3. The van der Waals surface area contributed by atoms with Crippen molar-refractivity contribution in [3.8, 4) is 10.4 Å². The van der Waals surface area contributed by atoms with E-state index in [0.29, 0.717) is 0 Å². The molecule has 0 saturated carbocycles. The number of thiophene rings is 1. The number of benzene rings is 1. The van der Waals surface area contributed by atoms with E-state index in [-0.39, 0.29) is 16.6 Å². The van der Waals surface area contributed by atoms with Crippen LogP contribution in [-0.2, 0) is 14.9 Å². The average molecular weight is 354 g/mol. The second kappa shape index (κ2) is 7.12. The molecule has 0 unspecified atom stereocenters. The number of hydrogen-bond acceptors (Lipinski definition) is 5. The highest BCUT2D eigenvalue weighted by molar-refractivity contribution is 7.90. The van der Waals surface area contributed by atoms with Gasteiger partial charge in [0, 0.05) is 10.9 Å². The van der Waals surface area contributed by atoms with Crippen LogP contribution in [0.3, 0.4) is 0 Å². The van der Waals surface area contributed by atoms with Crippen LogP contribution in [0.5, 0.6) is 0 Å². The first-order chi connectivity index (χ1) is 10.8. The maximum Gasteiger partial charge on any atom is 0.350 e. The molecule has 1 aromatic carbocycles. The van der Waals surface area contributed by atoms with Crippen LogP contribution in [0.25, 0.3) is 10.4 Å². The van der Waals surface area contributed by atoms with Crippen LogP contribution in [0.2, 0.25) is 0 Å². The molecule has 0 saturated heterocycles. The predicted octanol–water partition coefficient (Wildman–Crippen LogP) is 2.86. The Kier molecular flexibility index (Phi) is 5.40. The van der Waals surface area contributed by atoms with Crippen LogP contribution in [-0.4, -0.2) is 27.5 Å². The highest BCUT2D eigenvalue weighted by atomic mass is 32.2. The largest absolute Gasteiger partial charge is 0.465 e. The Morgan fingerprint density at radius 1 is 1.22 bits per heavy atom. The summed E-state index contributed by atoms with van der Waals surface area (Å²) in [6, 6.07) is 10.8. The molecular formula is C15H18N2O4S2. The first kappa shape index (κ1) is 17.5. The molecule has 1 aromatic heterocycles. The third-order valence-electron chi connectivity index (χ3n) is 2.80. The van der Waals surface area contributed by atoms with Gasteiger partial charge in [-0.3, -0.25) is 4.72 Å². The Balaban J connectivity index is 2.41. The predicted molar refractivity (Wildman–Crippen MR) is 91.9 cm³/mol. The van der Waals surface area contributed by atoms with Gasteiger partial charge in [0.25, 0.3) is 10.2 Å². The van der Waals surface area contributed by atoms with Gasteiger partial charge in [-0.25, -0.2) is 4.79 Å². The van der Waals surface area contributed by atoms with Gasteiger partial charge in [-0.1, -0.05) is 30.3 Å². The molecule has 0 radical (unpaired) electrons. The van der Waals surface area contributed by atoms with Crippen molar-refractivity contribution in [3.63, 3.8) is 0 Å². The van der Waals surface area contributed by atoms with Gasteiger partial charge in [-0.05, 0) is 25.5 Å². The molecule has 0 bridgehead atoms. The minimum Gasteiger partial charge on any atom is -0.465 e. The van der Waals surface area contributed by atoms with Crippen molar-refractivity contribution in [2.75, 3.05) is 11.8 Å². The third kappa shape index (κ3) is 4.54. The van der Waals surface area contributed by atoms with E-state index < -0.39 is 16.2 Å². The van der Waals surface area contributed by atoms with Crippen molar-refractivity contribution in [1.82, 2.24) is 4.72 Å². The van der Waals surface area contributed by atoms with Gasteiger partial charge >= 0.3 is 5.97 Å². The van der Waals surface area contributed by atoms with E-state index in [1.54, 1.807) is 19.9 Å². The highest BCUT2D eigenvalue weighted by Gasteiger charge is 2.22. The van der Waals surface area contributed by atoms with Crippen LogP contribution in [0.1, 0.15) is 23.5 Å². The summed E-state index contributed by atoms with van der Waals surface area (Å²) in [7, 11) is -2.51. The fourth-order valence-electron chi connectivity index (χ4n) is 1.94. The summed E-state index contributed by atoms with van der Waals surface area (Å²) in [5.41, 5.74) is 1.10.